The van der Waals surface area contributed by atoms with Gasteiger partial charge in [-0.2, -0.15) is 0 Å². The second-order valence-electron chi connectivity index (χ2n) is 19.6. The van der Waals surface area contributed by atoms with Gasteiger partial charge in [-0.15, -0.1) is 32.9 Å². The predicted octanol–water partition coefficient (Wildman–Crippen LogP) is 8.21. The van der Waals surface area contributed by atoms with E-state index in [9.17, 15) is 24.3 Å². The molecular weight excluding hydrogens is 923 g/mol. The Kier molecular flexibility index (Phi) is 13.4. The molecule has 5 atom stereocenters. The molecule has 3 amide bonds. The average molecular weight is 982 g/mol. The lowest BCUT2D eigenvalue weighted by molar-refractivity contribution is -0.142. The number of rotatable bonds is 11. The zero-order valence-corrected chi connectivity index (χ0v) is 42.6. The van der Waals surface area contributed by atoms with Gasteiger partial charge in [0.15, 0.2) is 5.82 Å². The van der Waals surface area contributed by atoms with E-state index in [1.54, 1.807) is 28.7 Å². The van der Waals surface area contributed by atoms with Crippen molar-refractivity contribution in [2.24, 2.45) is 10.4 Å². The number of nitrogens with zero attached hydrogens (tertiary/aromatic N) is 7. The van der Waals surface area contributed by atoms with Gasteiger partial charge in [0.2, 0.25) is 11.8 Å². The van der Waals surface area contributed by atoms with Gasteiger partial charge in [-0.1, -0.05) is 63.2 Å². The third-order valence-electron chi connectivity index (χ3n) is 13.8. The van der Waals surface area contributed by atoms with Crippen LogP contribution in [0.3, 0.4) is 0 Å². The van der Waals surface area contributed by atoms with Crippen LogP contribution in [0, 0.1) is 33.1 Å². The van der Waals surface area contributed by atoms with Crippen LogP contribution < -0.4 is 15.5 Å². The highest BCUT2D eigenvalue weighted by Gasteiger charge is 2.45. The summed E-state index contributed by atoms with van der Waals surface area (Å²) in [5.41, 5.74) is 11.0. The molecule has 0 radical (unpaired) electrons. The minimum absolute atomic E-state index is 0.0122. The predicted molar refractivity (Wildman–Crippen MR) is 272 cm³/mol. The zero-order chi connectivity index (χ0) is 49.8. The number of methoxy groups -OCH3 is 1. The number of hydrogen-bond donors (Lipinski definition) is 3. The number of ether oxygens (including phenoxy) is 1. The smallest absolute Gasteiger partial charge is 0.308 e. The topological polar surface area (TPSA) is 184 Å². The Morgan fingerprint density at radius 1 is 0.943 bits per heavy atom. The second kappa shape index (κ2) is 19.3. The fourth-order valence-corrected chi connectivity index (χ4v) is 11.8. The van der Waals surface area contributed by atoms with E-state index in [1.165, 1.54) is 12.0 Å². The SMILES string of the molecule is COC(=O)C[C@@H]1N=C(c2ccc(N3CCCc4ccc(C(=O)N[C@H](C(=O)N5C[C@H](O)C[C@H]5C(=O)N[C@@H](C)c5ccc(-c6scnc6C)cc5)C(C)(C)C)cc43)cc2)c2c(sc(C)c2C)-n2c(C)nnc21. The number of aliphatic imine (C=N–C) groups is 1. The lowest BCUT2D eigenvalue weighted by Gasteiger charge is -2.36. The number of benzene rings is 3. The van der Waals surface area contributed by atoms with E-state index in [0.29, 0.717) is 17.2 Å². The van der Waals surface area contributed by atoms with E-state index in [2.05, 4.69) is 68.8 Å². The monoisotopic (exact) mass is 981 g/mol. The van der Waals surface area contributed by atoms with Gasteiger partial charge in [-0.3, -0.25) is 28.7 Å². The minimum Gasteiger partial charge on any atom is -0.469 e. The Labute approximate surface area is 416 Å². The molecule has 17 heteroatoms. The summed E-state index contributed by atoms with van der Waals surface area (Å²) in [6.45, 7) is 16.3. The van der Waals surface area contributed by atoms with Crippen LogP contribution in [0.25, 0.3) is 15.4 Å². The van der Waals surface area contributed by atoms with Gasteiger partial charge in [0.1, 0.15) is 29.0 Å². The fourth-order valence-electron chi connectivity index (χ4n) is 9.78. The van der Waals surface area contributed by atoms with E-state index < -0.39 is 47.4 Å². The Balaban J connectivity index is 0.933. The molecule has 6 aromatic rings. The summed E-state index contributed by atoms with van der Waals surface area (Å²) in [4.78, 5) is 71.0. The molecule has 3 aromatic carbocycles. The molecule has 3 N–H and O–H groups in total. The number of thiazole rings is 1. The maximum Gasteiger partial charge on any atom is 0.308 e. The maximum atomic E-state index is 14.6. The number of aliphatic hydroxyl groups is 1. The van der Waals surface area contributed by atoms with Crippen molar-refractivity contribution in [2.45, 2.75) is 111 Å². The van der Waals surface area contributed by atoms with E-state index >= 15 is 0 Å². The third kappa shape index (κ3) is 9.29. The molecule has 1 fully saturated rings. The highest BCUT2D eigenvalue weighted by Crippen LogP contribution is 2.41. The minimum atomic E-state index is -1.00. The second-order valence-corrected chi connectivity index (χ2v) is 21.7. The highest BCUT2D eigenvalue weighted by molar-refractivity contribution is 7.15. The molecule has 0 bridgehead atoms. The molecule has 70 heavy (non-hydrogen) atoms. The molecule has 0 saturated carbocycles. The van der Waals surface area contributed by atoms with Gasteiger partial charge < -0.3 is 30.3 Å². The Hall–Kier alpha value is -6.56. The van der Waals surface area contributed by atoms with Crippen molar-refractivity contribution in [3.05, 3.63) is 128 Å². The van der Waals surface area contributed by atoms with Crippen LogP contribution in [0.15, 0.2) is 77.2 Å². The van der Waals surface area contributed by atoms with Crippen LogP contribution in [0.5, 0.6) is 0 Å². The first kappa shape index (κ1) is 48.5. The standard InChI is InChI=1S/C53H59N9O6S2/c1-28-31(4)70-52-44(28)45(56-40(25-43(64)68-9)48-59-58-32(5)62(48)52)35-18-20-38(21-19-35)60-22-10-11-34-14-17-37(23-41(34)60)49(65)57-47(53(6,7)8)51(67)61-26-39(63)24-42(61)50(66)55-29(2)33-12-15-36(16-13-33)46-30(3)54-27-69-46/h12-21,23,27,29,39-40,42,47,63H,10-11,22,24-26H2,1-9H3,(H,55,66)(H,57,65)/t29-,39+,40-,42-,47+/m0/s1. The normalized spacial score (nSPS) is 18.5. The van der Waals surface area contributed by atoms with E-state index in [4.69, 9.17) is 9.73 Å². The fraction of sp³-hybridized carbons (Fsp3) is 0.396. The molecule has 9 rings (SSSR count). The van der Waals surface area contributed by atoms with Gasteiger partial charge >= 0.3 is 5.97 Å². The molecule has 0 unspecified atom stereocenters. The van der Waals surface area contributed by atoms with E-state index in [-0.39, 0.29) is 31.3 Å². The van der Waals surface area contributed by atoms with Gasteiger partial charge in [-0.25, -0.2) is 4.98 Å². The summed E-state index contributed by atoms with van der Waals surface area (Å²) in [6, 6.07) is 19.0. The van der Waals surface area contributed by atoms with Crippen molar-refractivity contribution in [2.75, 3.05) is 25.1 Å². The number of amides is 3. The number of carbonyl (C=O) groups is 4. The van der Waals surface area contributed by atoms with Gasteiger partial charge in [0.25, 0.3) is 5.91 Å². The first-order valence-electron chi connectivity index (χ1n) is 23.7. The number of nitrogens with one attached hydrogen (secondary N) is 2. The van der Waals surface area contributed by atoms with Crippen molar-refractivity contribution >= 4 is 63.5 Å². The van der Waals surface area contributed by atoms with Crippen molar-refractivity contribution in [1.29, 1.82) is 0 Å². The molecule has 3 aliphatic rings. The summed E-state index contributed by atoms with van der Waals surface area (Å²) >= 11 is 3.23. The molecule has 3 aliphatic heterocycles. The lowest BCUT2D eigenvalue weighted by atomic mass is 9.85. The van der Waals surface area contributed by atoms with Crippen LogP contribution >= 0.6 is 22.7 Å². The number of likely N-dealkylation sites (tertiary alicyclic amines) is 1. The highest BCUT2D eigenvalue weighted by atomic mass is 32.1. The number of aliphatic hydroxyl groups excluding tert-OH is 1. The van der Waals surface area contributed by atoms with E-state index in [1.807, 2.05) is 88.0 Å². The molecule has 364 valence electrons. The number of carbonyl (C=O) groups excluding carboxylic acids is 4. The molecule has 0 aliphatic carbocycles. The van der Waals surface area contributed by atoms with Crippen molar-refractivity contribution in [3.8, 4) is 15.4 Å². The van der Waals surface area contributed by atoms with E-state index in [0.717, 1.165) is 90.3 Å². The summed E-state index contributed by atoms with van der Waals surface area (Å²) in [6.07, 6.45) is 0.951. The Morgan fingerprint density at radius 2 is 1.67 bits per heavy atom. The van der Waals surface area contributed by atoms with Crippen molar-refractivity contribution in [1.82, 2.24) is 35.3 Å². The summed E-state index contributed by atoms with van der Waals surface area (Å²) in [5, 5.41) is 26.8. The summed E-state index contributed by atoms with van der Waals surface area (Å²) < 4.78 is 7.09. The number of hydrogen-bond acceptors (Lipinski definition) is 13. The van der Waals surface area contributed by atoms with Crippen molar-refractivity contribution in [3.63, 3.8) is 0 Å². The number of anilines is 2. The van der Waals surface area contributed by atoms with Crippen LogP contribution in [0.4, 0.5) is 11.4 Å². The molecular formula is C53H59N9O6S2. The number of aryl methyl sites for hydroxylation is 4. The van der Waals surface area contributed by atoms with Crippen LogP contribution in [-0.2, 0) is 25.5 Å². The number of esters is 1. The van der Waals surface area contributed by atoms with Crippen LogP contribution in [0.2, 0.25) is 0 Å². The number of aromatic nitrogens is 4. The zero-order valence-electron chi connectivity index (χ0n) is 41.0. The molecule has 3 aromatic heterocycles. The Morgan fingerprint density at radius 3 is 2.36 bits per heavy atom. The average Bonchev–Trinajstić information content (AvgIpc) is 4.11. The van der Waals surface area contributed by atoms with Crippen molar-refractivity contribution < 1.29 is 29.0 Å². The maximum absolute atomic E-state index is 14.6. The largest absolute Gasteiger partial charge is 0.469 e. The molecule has 0 spiro atoms. The Bertz CT molecular complexity index is 3020. The third-order valence-corrected chi connectivity index (χ3v) is 15.9. The van der Waals surface area contributed by atoms with Crippen LogP contribution in [0.1, 0.15) is 119 Å². The summed E-state index contributed by atoms with van der Waals surface area (Å²) in [7, 11) is 1.37. The first-order chi connectivity index (χ1) is 33.4. The van der Waals surface area contributed by atoms with Gasteiger partial charge in [0, 0.05) is 52.5 Å². The molecule has 1 saturated heterocycles. The quantitative estimate of drug-likeness (QED) is 0.107. The summed E-state index contributed by atoms with van der Waals surface area (Å²) in [5.74, 6) is -0.304. The van der Waals surface area contributed by atoms with Gasteiger partial charge in [0.05, 0.1) is 47.5 Å². The number of thiophene rings is 1. The number of fused-ring (bicyclic) bond motifs is 4. The molecule has 15 nitrogen and oxygen atoms in total. The van der Waals surface area contributed by atoms with Crippen LogP contribution in [-0.4, -0.2) is 97.5 Å². The number of β-amino-alcohol motifs (C(OH)–C–C–N with tert-alkyl or cyclic N) is 1. The molecule has 6 heterocycles. The lowest BCUT2D eigenvalue weighted by Crippen LogP contribution is -2.57. The van der Waals surface area contributed by atoms with Gasteiger partial charge in [-0.05, 0) is 99.4 Å². The first-order valence-corrected chi connectivity index (χ1v) is 25.4.